The van der Waals surface area contributed by atoms with Gasteiger partial charge in [0.15, 0.2) is 0 Å². The third-order valence-corrected chi connectivity index (χ3v) is 3.75. The van der Waals surface area contributed by atoms with E-state index in [1.165, 1.54) is 5.56 Å². The summed E-state index contributed by atoms with van der Waals surface area (Å²) in [5.41, 5.74) is 2.59. The second-order valence-corrected chi connectivity index (χ2v) is 5.18. The average Bonchev–Trinajstić information content (AvgIpc) is 2.72. The number of hydrogen-bond acceptors (Lipinski definition) is 2. The molecule has 1 aliphatic heterocycles. The molecule has 0 atom stereocenters. The van der Waals surface area contributed by atoms with Crippen molar-refractivity contribution < 1.29 is 9.90 Å². The summed E-state index contributed by atoms with van der Waals surface area (Å²) in [6, 6.07) is 14.6. The zero-order valence-electron chi connectivity index (χ0n) is 11.7. The van der Waals surface area contributed by atoms with Crippen molar-refractivity contribution in [3.63, 3.8) is 0 Å². The predicted molar refractivity (Wildman–Crippen MR) is 83.9 cm³/mol. The van der Waals surface area contributed by atoms with E-state index in [9.17, 15) is 9.90 Å². The van der Waals surface area contributed by atoms with Gasteiger partial charge < -0.3 is 10.4 Å². The van der Waals surface area contributed by atoms with Gasteiger partial charge in [-0.25, -0.2) is 4.79 Å². The lowest BCUT2D eigenvalue weighted by atomic mass is 10.1. The maximum atomic E-state index is 12.5. The molecule has 0 radical (unpaired) electrons. The molecule has 0 aliphatic carbocycles. The molecule has 2 amide bonds. The van der Waals surface area contributed by atoms with Crippen molar-refractivity contribution in [2.24, 2.45) is 0 Å². The van der Waals surface area contributed by atoms with Crippen molar-refractivity contribution in [2.75, 3.05) is 16.8 Å². The summed E-state index contributed by atoms with van der Waals surface area (Å²) in [6.45, 7) is 0.691. The van der Waals surface area contributed by atoms with Crippen molar-refractivity contribution in [3.8, 4) is 5.75 Å². The van der Waals surface area contributed by atoms with Crippen LogP contribution in [0.5, 0.6) is 5.75 Å². The van der Waals surface area contributed by atoms with Crippen molar-refractivity contribution in [3.05, 3.63) is 54.1 Å². The van der Waals surface area contributed by atoms with Gasteiger partial charge in [0.1, 0.15) is 5.75 Å². The number of nitrogens with zero attached hydrogens (tertiary/aromatic N) is 1. The number of rotatable bonds is 1. The van der Waals surface area contributed by atoms with Crippen LogP contribution in [0.4, 0.5) is 16.2 Å². The molecule has 0 saturated carbocycles. The number of amides is 2. The minimum Gasteiger partial charge on any atom is -0.506 e. The van der Waals surface area contributed by atoms with E-state index in [0.29, 0.717) is 12.2 Å². The predicted octanol–water partition coefficient (Wildman–Crippen LogP) is 3.77. The molecule has 2 aromatic rings. The van der Waals surface area contributed by atoms with E-state index in [0.717, 1.165) is 24.9 Å². The van der Waals surface area contributed by atoms with Crippen LogP contribution in [0.1, 0.15) is 18.4 Å². The summed E-state index contributed by atoms with van der Waals surface area (Å²) >= 11 is 0. The molecule has 4 nitrogen and oxygen atoms in total. The van der Waals surface area contributed by atoms with Crippen LogP contribution >= 0.6 is 0 Å². The summed E-state index contributed by atoms with van der Waals surface area (Å²) in [4.78, 5) is 14.3. The number of benzene rings is 2. The Morgan fingerprint density at radius 1 is 1.05 bits per heavy atom. The zero-order chi connectivity index (χ0) is 14.7. The van der Waals surface area contributed by atoms with Crippen molar-refractivity contribution >= 4 is 17.4 Å². The largest absolute Gasteiger partial charge is 0.506 e. The fourth-order valence-corrected chi connectivity index (χ4v) is 2.66. The third kappa shape index (κ3) is 2.84. The van der Waals surface area contributed by atoms with Crippen LogP contribution in [0, 0.1) is 0 Å². The molecule has 0 spiro atoms. The van der Waals surface area contributed by atoms with Crippen LogP contribution in [-0.4, -0.2) is 17.7 Å². The normalized spacial score (nSPS) is 14.2. The second-order valence-electron chi connectivity index (χ2n) is 5.18. The van der Waals surface area contributed by atoms with E-state index in [1.54, 1.807) is 29.2 Å². The van der Waals surface area contributed by atoms with Crippen LogP contribution in [0.2, 0.25) is 0 Å². The molecule has 0 saturated heterocycles. The molecule has 2 N–H and O–H groups in total. The van der Waals surface area contributed by atoms with Crippen LogP contribution < -0.4 is 10.2 Å². The number of aromatic hydroxyl groups is 1. The third-order valence-electron chi connectivity index (χ3n) is 3.75. The summed E-state index contributed by atoms with van der Waals surface area (Å²) in [5.74, 6) is 0.0777. The SMILES string of the molecule is O=C(Nc1ccccc1O)N1CCCCc2ccccc21. The molecule has 21 heavy (non-hydrogen) atoms. The topological polar surface area (TPSA) is 52.6 Å². The summed E-state index contributed by atoms with van der Waals surface area (Å²) in [7, 11) is 0. The van der Waals surface area contributed by atoms with E-state index in [2.05, 4.69) is 11.4 Å². The Labute approximate surface area is 124 Å². The van der Waals surface area contributed by atoms with E-state index in [1.807, 2.05) is 18.2 Å². The highest BCUT2D eigenvalue weighted by molar-refractivity contribution is 6.03. The van der Waals surface area contributed by atoms with Crippen LogP contribution in [0.25, 0.3) is 0 Å². The molecule has 1 aliphatic rings. The highest BCUT2D eigenvalue weighted by Crippen LogP contribution is 2.28. The fourth-order valence-electron chi connectivity index (χ4n) is 2.66. The number of hydrogen-bond donors (Lipinski definition) is 2. The van der Waals surface area contributed by atoms with E-state index < -0.39 is 0 Å². The summed E-state index contributed by atoms with van der Waals surface area (Å²) in [5, 5.41) is 12.6. The minimum atomic E-state index is -0.203. The van der Waals surface area contributed by atoms with Gasteiger partial charge in [0.25, 0.3) is 0 Å². The van der Waals surface area contributed by atoms with Gasteiger partial charge in [-0.15, -0.1) is 0 Å². The standard InChI is InChI=1S/C17H18N2O2/c20-16-11-4-2-9-14(16)18-17(21)19-12-6-5-8-13-7-1-3-10-15(13)19/h1-4,7,9-11,20H,5-6,8,12H2,(H,18,21). The first-order valence-electron chi connectivity index (χ1n) is 7.20. The molecule has 4 heteroatoms. The Balaban J connectivity index is 1.86. The Hall–Kier alpha value is -2.49. The van der Waals surface area contributed by atoms with Gasteiger partial charge in [0.2, 0.25) is 0 Å². The maximum Gasteiger partial charge on any atom is 0.326 e. The molecule has 0 fully saturated rings. The lowest BCUT2D eigenvalue weighted by Gasteiger charge is -2.23. The lowest BCUT2D eigenvalue weighted by Crippen LogP contribution is -2.35. The second kappa shape index (κ2) is 5.87. The Kier molecular flexibility index (Phi) is 3.77. The first-order valence-corrected chi connectivity index (χ1v) is 7.20. The fraction of sp³-hybridized carbons (Fsp3) is 0.235. The van der Waals surface area contributed by atoms with Crippen LogP contribution in [0.15, 0.2) is 48.5 Å². The lowest BCUT2D eigenvalue weighted by molar-refractivity contribution is 0.256. The first kappa shape index (κ1) is 13.5. The highest BCUT2D eigenvalue weighted by atomic mass is 16.3. The van der Waals surface area contributed by atoms with Crippen molar-refractivity contribution in [1.82, 2.24) is 0 Å². The molecular weight excluding hydrogens is 264 g/mol. The van der Waals surface area contributed by atoms with Gasteiger partial charge in [-0.1, -0.05) is 30.3 Å². The van der Waals surface area contributed by atoms with Gasteiger partial charge >= 0.3 is 6.03 Å². The van der Waals surface area contributed by atoms with E-state index in [-0.39, 0.29) is 11.8 Å². The van der Waals surface area contributed by atoms with Gasteiger partial charge in [-0.3, -0.25) is 4.90 Å². The smallest absolute Gasteiger partial charge is 0.326 e. The molecule has 108 valence electrons. The first-order chi connectivity index (χ1) is 10.3. The highest BCUT2D eigenvalue weighted by Gasteiger charge is 2.21. The number of carbonyl (C=O) groups excluding carboxylic acids is 1. The Morgan fingerprint density at radius 2 is 1.81 bits per heavy atom. The van der Waals surface area contributed by atoms with E-state index >= 15 is 0 Å². The zero-order valence-corrected chi connectivity index (χ0v) is 11.7. The molecular formula is C17H18N2O2. The number of para-hydroxylation sites is 3. The Bertz CT molecular complexity index is 655. The van der Waals surface area contributed by atoms with Gasteiger partial charge in [-0.2, -0.15) is 0 Å². The molecule has 0 aromatic heterocycles. The number of phenols is 1. The Morgan fingerprint density at radius 3 is 2.67 bits per heavy atom. The molecule has 1 heterocycles. The number of fused-ring (bicyclic) bond motifs is 1. The molecule has 0 unspecified atom stereocenters. The number of aryl methyl sites for hydroxylation is 1. The summed E-state index contributed by atoms with van der Waals surface area (Å²) in [6.07, 6.45) is 3.05. The van der Waals surface area contributed by atoms with Gasteiger partial charge in [0, 0.05) is 12.2 Å². The quantitative estimate of drug-likeness (QED) is 0.782. The van der Waals surface area contributed by atoms with Gasteiger partial charge in [0.05, 0.1) is 5.69 Å². The van der Waals surface area contributed by atoms with Crippen molar-refractivity contribution in [1.29, 1.82) is 0 Å². The molecule has 3 rings (SSSR count). The summed E-state index contributed by atoms with van der Waals surface area (Å²) < 4.78 is 0. The average molecular weight is 282 g/mol. The van der Waals surface area contributed by atoms with Crippen molar-refractivity contribution in [2.45, 2.75) is 19.3 Å². The minimum absolute atomic E-state index is 0.0777. The number of phenolic OH excluding ortho intramolecular Hbond substituents is 1. The number of carbonyl (C=O) groups is 1. The van der Waals surface area contributed by atoms with Gasteiger partial charge in [-0.05, 0) is 43.0 Å². The van der Waals surface area contributed by atoms with Crippen LogP contribution in [-0.2, 0) is 6.42 Å². The van der Waals surface area contributed by atoms with E-state index in [4.69, 9.17) is 0 Å². The number of anilines is 2. The maximum absolute atomic E-state index is 12.5. The van der Waals surface area contributed by atoms with Crippen LogP contribution in [0.3, 0.4) is 0 Å². The molecule has 0 bridgehead atoms. The number of urea groups is 1. The molecule has 2 aromatic carbocycles. The monoisotopic (exact) mass is 282 g/mol. The number of nitrogens with one attached hydrogen (secondary N) is 1.